The maximum atomic E-state index is 13.8. The fraction of sp³-hybridized carbons (Fsp3) is 0.256. The number of para-hydroxylation sites is 2. The molecule has 0 unspecified atom stereocenters. The van der Waals surface area contributed by atoms with Crippen LogP contribution >= 0.6 is 0 Å². The Morgan fingerprint density at radius 3 is 2.35 bits per heavy atom. The van der Waals surface area contributed by atoms with Gasteiger partial charge in [0, 0.05) is 56.2 Å². The summed E-state index contributed by atoms with van der Waals surface area (Å²) >= 11 is 0. The third kappa shape index (κ3) is 6.74. The van der Waals surface area contributed by atoms with E-state index in [0.717, 1.165) is 71.7 Å². The van der Waals surface area contributed by atoms with Gasteiger partial charge in [0.25, 0.3) is 15.9 Å². The maximum Gasteiger partial charge on any atom is 0.261 e. The van der Waals surface area contributed by atoms with E-state index in [1.54, 1.807) is 23.1 Å². The summed E-state index contributed by atoms with van der Waals surface area (Å²) in [6.45, 7) is 9.06. The second-order valence-electron chi connectivity index (χ2n) is 12.8. The molecule has 1 amide bonds. The topological polar surface area (TPSA) is 82.2 Å². The van der Waals surface area contributed by atoms with Crippen LogP contribution in [0, 0.1) is 0 Å². The number of rotatable bonds is 9. The average molecular weight is 661 g/mol. The van der Waals surface area contributed by atoms with Crippen LogP contribution in [-0.4, -0.2) is 58.1 Å². The van der Waals surface area contributed by atoms with Crippen molar-refractivity contribution in [3.05, 3.63) is 126 Å². The van der Waals surface area contributed by atoms with Gasteiger partial charge in [-0.1, -0.05) is 54.6 Å². The molecule has 1 saturated heterocycles. The van der Waals surface area contributed by atoms with E-state index in [1.807, 2.05) is 86.6 Å². The molecule has 0 spiro atoms. The van der Waals surface area contributed by atoms with Crippen molar-refractivity contribution in [1.82, 2.24) is 4.90 Å². The number of sulfonamides is 1. The van der Waals surface area contributed by atoms with Gasteiger partial charge in [-0.2, -0.15) is 0 Å². The molecule has 9 heteroatoms. The van der Waals surface area contributed by atoms with E-state index in [4.69, 9.17) is 4.74 Å². The van der Waals surface area contributed by atoms with Crippen molar-refractivity contribution in [2.24, 2.45) is 0 Å². The molecule has 0 saturated carbocycles. The Morgan fingerprint density at radius 1 is 0.771 bits per heavy atom. The van der Waals surface area contributed by atoms with Crippen molar-refractivity contribution in [3.8, 4) is 5.75 Å². The van der Waals surface area contributed by atoms with Crippen LogP contribution < -0.4 is 19.3 Å². The number of carbonyl (C=O) groups is 1. The highest BCUT2D eigenvalue weighted by Crippen LogP contribution is 2.33. The summed E-state index contributed by atoms with van der Waals surface area (Å²) in [4.78, 5) is 20.6. The first-order chi connectivity index (χ1) is 23.2. The van der Waals surface area contributed by atoms with Crippen molar-refractivity contribution < 1.29 is 17.9 Å². The van der Waals surface area contributed by atoms with Crippen LogP contribution in [0.4, 0.5) is 17.1 Å². The van der Waals surface area contributed by atoms with E-state index in [2.05, 4.69) is 32.7 Å². The van der Waals surface area contributed by atoms with Crippen molar-refractivity contribution in [2.75, 3.05) is 47.2 Å². The van der Waals surface area contributed by atoms with Crippen LogP contribution in [-0.2, 0) is 23.0 Å². The number of fused-ring (bicyclic) bond motifs is 2. The van der Waals surface area contributed by atoms with Gasteiger partial charge in [-0.25, -0.2) is 8.42 Å². The molecule has 2 aliphatic rings. The first-order valence-electron chi connectivity index (χ1n) is 16.5. The smallest absolute Gasteiger partial charge is 0.261 e. The summed E-state index contributed by atoms with van der Waals surface area (Å²) in [7, 11) is -3.78. The molecule has 0 aliphatic carbocycles. The molecule has 1 fully saturated rings. The lowest BCUT2D eigenvalue weighted by molar-refractivity contribution is 0.0989. The van der Waals surface area contributed by atoms with E-state index in [-0.39, 0.29) is 16.9 Å². The molecule has 0 radical (unpaired) electrons. The highest BCUT2D eigenvalue weighted by atomic mass is 32.2. The standard InChI is InChI=1S/C39H40N4O4S/c1-28(2)47-38-13-6-5-12-37(38)42-22-20-41(21-23-42)27-29-8-7-11-33(24-29)39(44)43-19-18-32-25-34(15-17-36(32)43)40-48(45,46)35-16-14-30-9-3-4-10-31(30)26-35/h3-17,24-26,28,40H,18-23,27H2,1-2H3. The Kier molecular flexibility index (Phi) is 8.81. The zero-order valence-corrected chi connectivity index (χ0v) is 28.1. The molecule has 5 aromatic carbocycles. The molecule has 7 rings (SSSR count). The number of hydrogen-bond acceptors (Lipinski definition) is 6. The van der Waals surface area contributed by atoms with E-state index in [0.29, 0.717) is 24.2 Å². The van der Waals surface area contributed by atoms with E-state index >= 15 is 0 Å². The predicted molar refractivity (Wildman–Crippen MR) is 193 cm³/mol. The van der Waals surface area contributed by atoms with Gasteiger partial charge < -0.3 is 14.5 Å². The molecule has 246 valence electrons. The van der Waals surface area contributed by atoms with Gasteiger partial charge in [0.05, 0.1) is 16.7 Å². The third-order valence-electron chi connectivity index (χ3n) is 9.02. The minimum absolute atomic E-state index is 0.0494. The van der Waals surface area contributed by atoms with Crippen molar-refractivity contribution in [1.29, 1.82) is 0 Å². The van der Waals surface area contributed by atoms with Crippen LogP contribution in [0.15, 0.2) is 114 Å². The summed E-state index contributed by atoms with van der Waals surface area (Å²) in [5.74, 6) is 0.876. The minimum Gasteiger partial charge on any atom is -0.489 e. The molecule has 1 N–H and O–H groups in total. The van der Waals surface area contributed by atoms with Gasteiger partial charge in [0.1, 0.15) is 5.75 Å². The molecule has 2 aliphatic heterocycles. The number of piperazine rings is 1. The predicted octanol–water partition coefficient (Wildman–Crippen LogP) is 6.95. The lowest BCUT2D eigenvalue weighted by Gasteiger charge is -2.37. The summed E-state index contributed by atoms with van der Waals surface area (Å²) in [5.41, 5.74) is 5.14. The molecule has 0 aromatic heterocycles. The normalized spacial score (nSPS) is 15.1. The third-order valence-corrected chi connectivity index (χ3v) is 10.4. The maximum absolute atomic E-state index is 13.8. The second-order valence-corrected chi connectivity index (χ2v) is 14.4. The molecule has 2 heterocycles. The number of amides is 1. The van der Waals surface area contributed by atoms with Crippen LogP contribution in [0.5, 0.6) is 5.75 Å². The molecule has 0 bridgehead atoms. The lowest BCUT2D eigenvalue weighted by Crippen LogP contribution is -2.46. The van der Waals surface area contributed by atoms with Gasteiger partial charge in [-0.3, -0.25) is 14.4 Å². The highest BCUT2D eigenvalue weighted by Gasteiger charge is 2.27. The van der Waals surface area contributed by atoms with Gasteiger partial charge in [-0.05, 0) is 96.8 Å². The minimum atomic E-state index is -3.78. The Labute approximate surface area is 282 Å². The molecule has 8 nitrogen and oxygen atoms in total. The van der Waals surface area contributed by atoms with Crippen molar-refractivity contribution in [3.63, 3.8) is 0 Å². The average Bonchev–Trinajstić information content (AvgIpc) is 3.51. The largest absolute Gasteiger partial charge is 0.489 e. The number of carbonyl (C=O) groups excluding carboxylic acids is 1. The first kappa shape index (κ1) is 31.7. The quantitative estimate of drug-likeness (QED) is 0.184. The van der Waals surface area contributed by atoms with Gasteiger partial charge in [0.15, 0.2) is 0 Å². The summed E-state index contributed by atoms with van der Waals surface area (Å²) in [5, 5.41) is 1.85. The zero-order chi connectivity index (χ0) is 33.3. The lowest BCUT2D eigenvalue weighted by atomic mass is 10.1. The summed E-state index contributed by atoms with van der Waals surface area (Å²) in [6, 6.07) is 34.4. The van der Waals surface area contributed by atoms with Crippen LogP contribution in [0.1, 0.15) is 35.3 Å². The fourth-order valence-electron chi connectivity index (χ4n) is 6.66. The number of nitrogens with zero attached hydrogens (tertiary/aromatic N) is 3. The van der Waals surface area contributed by atoms with E-state index in [1.165, 1.54) is 0 Å². The fourth-order valence-corrected chi connectivity index (χ4v) is 7.74. The Balaban J connectivity index is 0.991. The van der Waals surface area contributed by atoms with Crippen LogP contribution in [0.2, 0.25) is 0 Å². The highest BCUT2D eigenvalue weighted by molar-refractivity contribution is 7.92. The van der Waals surface area contributed by atoms with Crippen molar-refractivity contribution >= 4 is 43.8 Å². The van der Waals surface area contributed by atoms with Crippen molar-refractivity contribution in [2.45, 2.75) is 37.8 Å². The summed E-state index contributed by atoms with van der Waals surface area (Å²) < 4.78 is 35.2. The first-order valence-corrected chi connectivity index (χ1v) is 18.0. The SMILES string of the molecule is CC(C)Oc1ccccc1N1CCN(Cc2cccc(C(=O)N3CCc4cc(NS(=O)(=O)c5ccc6ccccc6c5)ccc43)c2)CC1. The molecular formula is C39H40N4O4S. The number of benzene rings is 5. The zero-order valence-electron chi connectivity index (χ0n) is 27.3. The molecule has 48 heavy (non-hydrogen) atoms. The van der Waals surface area contributed by atoms with E-state index in [9.17, 15) is 13.2 Å². The van der Waals surface area contributed by atoms with Gasteiger partial charge >= 0.3 is 0 Å². The number of anilines is 3. The Morgan fingerprint density at radius 2 is 1.54 bits per heavy atom. The van der Waals surface area contributed by atoms with E-state index < -0.39 is 10.0 Å². The molecule has 0 atom stereocenters. The number of hydrogen-bond donors (Lipinski definition) is 1. The van der Waals surface area contributed by atoms with Crippen LogP contribution in [0.25, 0.3) is 10.8 Å². The Bertz CT molecular complexity index is 2070. The summed E-state index contributed by atoms with van der Waals surface area (Å²) in [6.07, 6.45) is 0.776. The number of nitrogens with one attached hydrogen (secondary N) is 1. The monoisotopic (exact) mass is 660 g/mol. The Hall–Kier alpha value is -4.86. The second kappa shape index (κ2) is 13.3. The van der Waals surface area contributed by atoms with Gasteiger partial charge in [-0.15, -0.1) is 0 Å². The molecular weight excluding hydrogens is 621 g/mol. The van der Waals surface area contributed by atoms with Crippen LogP contribution in [0.3, 0.4) is 0 Å². The molecule has 5 aromatic rings. The number of ether oxygens (including phenoxy) is 1. The van der Waals surface area contributed by atoms with Gasteiger partial charge in [0.2, 0.25) is 0 Å².